The lowest BCUT2D eigenvalue weighted by Crippen LogP contribution is -2.51. The van der Waals surface area contributed by atoms with Crippen molar-refractivity contribution in [1.82, 2.24) is 24.7 Å². The summed E-state index contributed by atoms with van der Waals surface area (Å²) in [5.74, 6) is 0.613. The molecule has 1 fully saturated rings. The molecule has 0 saturated carbocycles. The van der Waals surface area contributed by atoms with Crippen molar-refractivity contribution < 1.29 is 4.79 Å². The Bertz CT molecular complexity index is 812. The number of carbonyl (C=O) groups excluding carboxylic acids is 1. The van der Waals surface area contributed by atoms with Gasteiger partial charge in [0.05, 0.1) is 17.4 Å². The molecule has 2 aromatic rings. The quantitative estimate of drug-likeness (QED) is 0.889. The third kappa shape index (κ3) is 3.52. The van der Waals surface area contributed by atoms with Crippen molar-refractivity contribution in [3.05, 3.63) is 39.4 Å². The van der Waals surface area contributed by atoms with Gasteiger partial charge < -0.3 is 14.8 Å². The maximum Gasteiger partial charge on any atom is 0.319 e. The van der Waals surface area contributed by atoms with Gasteiger partial charge in [-0.3, -0.25) is 9.69 Å². The normalized spacial score (nSPS) is 15.7. The molecular formula is C16H20ClN5O2. The van der Waals surface area contributed by atoms with E-state index in [0.29, 0.717) is 41.4 Å². The van der Waals surface area contributed by atoms with Crippen LogP contribution in [0.4, 0.5) is 4.79 Å². The molecule has 7 nitrogen and oxygen atoms in total. The molecule has 1 aliphatic heterocycles. The lowest BCUT2D eigenvalue weighted by atomic mass is 10.2. The van der Waals surface area contributed by atoms with E-state index in [2.05, 4.69) is 14.9 Å². The van der Waals surface area contributed by atoms with E-state index >= 15 is 0 Å². The molecule has 3 rings (SSSR count). The summed E-state index contributed by atoms with van der Waals surface area (Å²) in [6.45, 7) is 3.37. The first-order valence-corrected chi connectivity index (χ1v) is 8.19. The summed E-state index contributed by atoms with van der Waals surface area (Å²) in [5.41, 5.74) is 0.441. The van der Waals surface area contributed by atoms with Crippen LogP contribution in [0.2, 0.25) is 5.02 Å². The number of fused-ring (bicyclic) bond motifs is 1. The first kappa shape index (κ1) is 16.7. The van der Waals surface area contributed by atoms with Crippen LogP contribution in [0.5, 0.6) is 0 Å². The van der Waals surface area contributed by atoms with Crippen molar-refractivity contribution in [3.63, 3.8) is 0 Å². The minimum absolute atomic E-state index is 0.0292. The first-order valence-electron chi connectivity index (χ1n) is 7.81. The molecule has 0 bridgehead atoms. The molecule has 1 saturated heterocycles. The summed E-state index contributed by atoms with van der Waals surface area (Å²) in [5, 5.41) is 1.09. The van der Waals surface area contributed by atoms with E-state index in [-0.39, 0.29) is 11.6 Å². The third-order valence-corrected chi connectivity index (χ3v) is 4.35. The summed E-state index contributed by atoms with van der Waals surface area (Å²) in [7, 11) is 3.51. The second-order valence-corrected chi connectivity index (χ2v) is 6.55. The number of hydrogen-bond acceptors (Lipinski definition) is 4. The minimum atomic E-state index is -0.159. The van der Waals surface area contributed by atoms with E-state index in [4.69, 9.17) is 11.6 Å². The molecule has 1 aromatic carbocycles. The van der Waals surface area contributed by atoms with Crippen LogP contribution in [0, 0.1) is 0 Å². The zero-order valence-corrected chi connectivity index (χ0v) is 14.5. The first-order chi connectivity index (χ1) is 11.4. The van der Waals surface area contributed by atoms with Gasteiger partial charge in [-0.15, -0.1) is 0 Å². The summed E-state index contributed by atoms with van der Waals surface area (Å²) in [4.78, 5) is 37.0. The Balaban J connectivity index is 1.70. The number of carbonyl (C=O) groups is 1. The number of nitrogens with one attached hydrogen (secondary N) is 1. The molecule has 8 heteroatoms. The van der Waals surface area contributed by atoms with Crippen molar-refractivity contribution in [2.75, 3.05) is 40.3 Å². The smallest absolute Gasteiger partial charge is 0.319 e. The molecule has 0 radical (unpaired) electrons. The topological polar surface area (TPSA) is 72.5 Å². The monoisotopic (exact) mass is 349 g/mol. The zero-order valence-electron chi connectivity index (χ0n) is 13.8. The summed E-state index contributed by atoms with van der Waals surface area (Å²) < 4.78 is 0. The van der Waals surface area contributed by atoms with E-state index in [9.17, 15) is 9.59 Å². The highest BCUT2D eigenvalue weighted by Crippen LogP contribution is 2.15. The highest BCUT2D eigenvalue weighted by atomic mass is 35.5. The Morgan fingerprint density at radius 3 is 2.67 bits per heavy atom. The number of benzene rings is 1. The van der Waals surface area contributed by atoms with Gasteiger partial charge in [0, 0.05) is 45.3 Å². The van der Waals surface area contributed by atoms with E-state index < -0.39 is 0 Å². The number of rotatable bonds is 2. The fraction of sp³-hybridized carbons (Fsp3) is 0.438. The molecule has 24 heavy (non-hydrogen) atoms. The van der Waals surface area contributed by atoms with Gasteiger partial charge in [-0.25, -0.2) is 9.78 Å². The largest absolute Gasteiger partial charge is 0.331 e. The zero-order chi connectivity index (χ0) is 17.3. The van der Waals surface area contributed by atoms with Crippen molar-refractivity contribution in [2.24, 2.45) is 0 Å². The average Bonchev–Trinajstić information content (AvgIpc) is 2.54. The number of urea groups is 1. The van der Waals surface area contributed by atoms with E-state index in [0.717, 1.165) is 13.1 Å². The molecule has 1 N–H and O–H groups in total. The molecule has 0 atom stereocenters. The predicted molar refractivity (Wildman–Crippen MR) is 93.3 cm³/mol. The van der Waals surface area contributed by atoms with Crippen LogP contribution in [0.1, 0.15) is 5.82 Å². The van der Waals surface area contributed by atoms with E-state index in [1.807, 2.05) is 4.90 Å². The van der Waals surface area contributed by atoms with Gasteiger partial charge in [0.1, 0.15) is 5.82 Å². The fourth-order valence-electron chi connectivity index (χ4n) is 2.83. The highest BCUT2D eigenvalue weighted by Gasteiger charge is 2.22. The molecular weight excluding hydrogens is 330 g/mol. The maximum atomic E-state index is 12.2. The Morgan fingerprint density at radius 2 is 2.00 bits per heavy atom. The van der Waals surface area contributed by atoms with Crippen LogP contribution in [-0.2, 0) is 6.54 Å². The van der Waals surface area contributed by atoms with Crippen LogP contribution in [0.3, 0.4) is 0 Å². The summed E-state index contributed by atoms with van der Waals surface area (Å²) >= 11 is 5.98. The van der Waals surface area contributed by atoms with Crippen molar-refractivity contribution >= 4 is 28.5 Å². The van der Waals surface area contributed by atoms with Gasteiger partial charge in [-0.05, 0) is 18.2 Å². The Kier molecular flexibility index (Phi) is 4.73. The lowest BCUT2D eigenvalue weighted by molar-refractivity contribution is 0.118. The van der Waals surface area contributed by atoms with Gasteiger partial charge in [0.15, 0.2) is 0 Å². The molecule has 128 valence electrons. The minimum Gasteiger partial charge on any atom is -0.331 e. The summed E-state index contributed by atoms with van der Waals surface area (Å²) in [6, 6.07) is 5.09. The SMILES string of the molecule is CN(C)C(=O)N1CCN(Cc2nc3cc(Cl)ccc3c(=O)[nH]2)CC1. The number of piperazine rings is 1. The van der Waals surface area contributed by atoms with Crippen LogP contribution in [-0.4, -0.2) is 71.0 Å². The molecule has 1 aliphatic rings. The number of amides is 2. The van der Waals surface area contributed by atoms with Crippen molar-refractivity contribution in [2.45, 2.75) is 6.54 Å². The molecule has 0 spiro atoms. The number of aromatic nitrogens is 2. The second-order valence-electron chi connectivity index (χ2n) is 6.11. The molecule has 0 unspecified atom stereocenters. The second kappa shape index (κ2) is 6.78. The third-order valence-electron chi connectivity index (χ3n) is 4.12. The van der Waals surface area contributed by atoms with Crippen LogP contribution >= 0.6 is 11.6 Å². The lowest BCUT2D eigenvalue weighted by Gasteiger charge is -2.35. The van der Waals surface area contributed by atoms with Crippen LogP contribution in [0.25, 0.3) is 10.9 Å². The van der Waals surface area contributed by atoms with Crippen molar-refractivity contribution in [3.8, 4) is 0 Å². The highest BCUT2D eigenvalue weighted by molar-refractivity contribution is 6.31. The van der Waals surface area contributed by atoms with Gasteiger partial charge in [0.25, 0.3) is 5.56 Å². The van der Waals surface area contributed by atoms with E-state index in [1.165, 1.54) is 0 Å². The van der Waals surface area contributed by atoms with Gasteiger partial charge in [0.2, 0.25) is 0 Å². The maximum absolute atomic E-state index is 12.2. The predicted octanol–water partition coefficient (Wildman–Crippen LogP) is 1.38. The number of H-pyrrole nitrogens is 1. The number of aromatic amines is 1. The van der Waals surface area contributed by atoms with Crippen molar-refractivity contribution in [1.29, 1.82) is 0 Å². The number of nitrogens with zero attached hydrogens (tertiary/aromatic N) is 4. The average molecular weight is 350 g/mol. The van der Waals surface area contributed by atoms with Gasteiger partial charge in [-0.2, -0.15) is 0 Å². The molecule has 2 amide bonds. The van der Waals surface area contributed by atoms with Crippen LogP contribution in [0.15, 0.2) is 23.0 Å². The number of halogens is 1. The van der Waals surface area contributed by atoms with Crippen LogP contribution < -0.4 is 5.56 Å². The molecule has 0 aliphatic carbocycles. The Labute approximate surface area is 144 Å². The van der Waals surface area contributed by atoms with E-state index in [1.54, 1.807) is 37.2 Å². The Hall–Kier alpha value is -2.12. The Morgan fingerprint density at radius 1 is 1.29 bits per heavy atom. The number of hydrogen-bond donors (Lipinski definition) is 1. The standard InChI is InChI=1S/C16H20ClN5O2/c1-20(2)16(24)22-7-5-21(6-8-22)10-14-18-13-9-11(17)3-4-12(13)15(23)19-14/h3-4,9H,5-8,10H2,1-2H3,(H,18,19,23). The molecule has 2 heterocycles. The molecule has 1 aromatic heterocycles. The van der Waals surface area contributed by atoms with Gasteiger partial charge in [-0.1, -0.05) is 11.6 Å². The fourth-order valence-corrected chi connectivity index (χ4v) is 2.99. The summed E-state index contributed by atoms with van der Waals surface area (Å²) in [6.07, 6.45) is 0. The van der Waals surface area contributed by atoms with Gasteiger partial charge >= 0.3 is 6.03 Å².